The Morgan fingerprint density at radius 2 is 2.10 bits per heavy atom. The van der Waals surface area contributed by atoms with E-state index in [2.05, 4.69) is 25.9 Å². The lowest BCUT2D eigenvalue weighted by molar-refractivity contribution is 0.0944. The molecular formula is C16H29N3O2. The number of nitrogens with zero attached hydrogens (tertiary/aromatic N) is 2. The number of ketones is 1. The lowest BCUT2D eigenvalue weighted by Crippen LogP contribution is -2.24. The Balaban J connectivity index is 2.79. The molecule has 0 aromatic carbocycles. The van der Waals surface area contributed by atoms with Gasteiger partial charge in [0.1, 0.15) is 5.69 Å². The van der Waals surface area contributed by atoms with Crippen molar-refractivity contribution in [2.45, 2.75) is 53.5 Å². The van der Waals surface area contributed by atoms with Gasteiger partial charge in [-0.25, -0.2) is 0 Å². The maximum atomic E-state index is 12.5. The van der Waals surface area contributed by atoms with Gasteiger partial charge in [0.15, 0.2) is 11.5 Å². The molecule has 1 rings (SSSR count). The number of rotatable bonds is 8. The Kier molecular flexibility index (Phi) is 6.40. The molecule has 5 heteroatoms. The zero-order chi connectivity index (χ0) is 16.0. The van der Waals surface area contributed by atoms with E-state index in [0.29, 0.717) is 36.9 Å². The molecule has 0 radical (unpaired) electrons. The van der Waals surface area contributed by atoms with Crippen LogP contribution in [-0.4, -0.2) is 29.2 Å². The van der Waals surface area contributed by atoms with Gasteiger partial charge < -0.3 is 10.5 Å². The second kappa shape index (κ2) is 7.59. The fourth-order valence-electron chi connectivity index (χ4n) is 2.67. The van der Waals surface area contributed by atoms with Crippen molar-refractivity contribution in [2.24, 2.45) is 17.1 Å². The summed E-state index contributed by atoms with van der Waals surface area (Å²) in [6, 6.07) is 0. The largest absolute Gasteiger partial charge is 0.493 e. The van der Waals surface area contributed by atoms with Gasteiger partial charge in [-0.15, -0.1) is 0 Å². The van der Waals surface area contributed by atoms with E-state index in [1.807, 2.05) is 6.92 Å². The first-order chi connectivity index (χ1) is 9.85. The predicted octanol–water partition coefficient (Wildman–Crippen LogP) is 2.89. The molecule has 0 spiro atoms. The average molecular weight is 295 g/mol. The molecule has 2 N–H and O–H groups in total. The first-order valence-corrected chi connectivity index (χ1v) is 7.68. The molecule has 21 heavy (non-hydrogen) atoms. The summed E-state index contributed by atoms with van der Waals surface area (Å²) < 4.78 is 6.95. The smallest absolute Gasteiger partial charge is 0.184 e. The first kappa shape index (κ1) is 17.7. The lowest BCUT2D eigenvalue weighted by atomic mass is 9.76. The molecule has 1 atom stereocenters. The number of hydrogen-bond acceptors (Lipinski definition) is 4. The molecule has 0 fully saturated rings. The van der Waals surface area contributed by atoms with Gasteiger partial charge in [-0.1, -0.05) is 20.8 Å². The SMILES string of the molecule is CCn1ncc(OC)c1C(=O)CCC(CCN)C(C)(C)C. The topological polar surface area (TPSA) is 70.1 Å². The van der Waals surface area contributed by atoms with Gasteiger partial charge >= 0.3 is 0 Å². The molecule has 0 aliphatic heterocycles. The van der Waals surface area contributed by atoms with E-state index in [1.165, 1.54) is 0 Å². The lowest BCUT2D eigenvalue weighted by Gasteiger charge is -2.30. The van der Waals surface area contributed by atoms with Crippen LogP contribution in [0, 0.1) is 11.3 Å². The van der Waals surface area contributed by atoms with Crippen molar-refractivity contribution in [2.75, 3.05) is 13.7 Å². The molecule has 1 unspecified atom stereocenters. The van der Waals surface area contributed by atoms with Gasteiger partial charge in [0.05, 0.1) is 13.3 Å². The number of methoxy groups -OCH3 is 1. The van der Waals surface area contributed by atoms with E-state index in [4.69, 9.17) is 10.5 Å². The highest BCUT2D eigenvalue weighted by atomic mass is 16.5. The number of carbonyl (C=O) groups excluding carboxylic acids is 1. The number of Topliss-reactive ketones (excluding diaryl/α,β-unsaturated/α-hetero) is 1. The van der Waals surface area contributed by atoms with E-state index >= 15 is 0 Å². The van der Waals surface area contributed by atoms with Crippen molar-refractivity contribution in [1.29, 1.82) is 0 Å². The van der Waals surface area contributed by atoms with Crippen LogP contribution in [0.25, 0.3) is 0 Å². The molecule has 0 aliphatic rings. The molecule has 1 aromatic rings. The Hall–Kier alpha value is -1.36. The molecule has 0 bridgehead atoms. The van der Waals surface area contributed by atoms with Crippen LogP contribution in [0.3, 0.4) is 0 Å². The summed E-state index contributed by atoms with van der Waals surface area (Å²) >= 11 is 0. The third-order valence-electron chi connectivity index (χ3n) is 4.05. The van der Waals surface area contributed by atoms with Crippen molar-refractivity contribution in [3.05, 3.63) is 11.9 Å². The number of ether oxygens (including phenoxy) is 1. The van der Waals surface area contributed by atoms with Gasteiger partial charge in [-0.2, -0.15) is 5.10 Å². The number of hydrogen-bond donors (Lipinski definition) is 1. The average Bonchev–Trinajstić information content (AvgIpc) is 2.84. The van der Waals surface area contributed by atoms with Gasteiger partial charge in [-0.05, 0) is 37.6 Å². The van der Waals surface area contributed by atoms with Gasteiger partial charge in [-0.3, -0.25) is 9.48 Å². The molecule has 0 aliphatic carbocycles. The highest BCUT2D eigenvalue weighted by Crippen LogP contribution is 2.33. The molecular weight excluding hydrogens is 266 g/mol. The quantitative estimate of drug-likeness (QED) is 0.749. The molecule has 0 amide bonds. The van der Waals surface area contributed by atoms with Crippen LogP contribution in [0.2, 0.25) is 0 Å². The van der Waals surface area contributed by atoms with Crippen LogP contribution in [0.4, 0.5) is 0 Å². The third-order valence-corrected chi connectivity index (χ3v) is 4.05. The predicted molar refractivity (Wildman–Crippen MR) is 84.6 cm³/mol. The Bertz CT molecular complexity index is 439. The molecule has 5 nitrogen and oxygen atoms in total. The summed E-state index contributed by atoms with van der Waals surface area (Å²) in [7, 11) is 1.57. The van der Waals surface area contributed by atoms with Crippen molar-refractivity contribution in [1.82, 2.24) is 9.78 Å². The van der Waals surface area contributed by atoms with Crippen LogP contribution in [0.5, 0.6) is 5.75 Å². The zero-order valence-corrected chi connectivity index (χ0v) is 14.0. The zero-order valence-electron chi connectivity index (χ0n) is 14.0. The van der Waals surface area contributed by atoms with E-state index < -0.39 is 0 Å². The van der Waals surface area contributed by atoms with Crippen LogP contribution in [0.1, 0.15) is 57.4 Å². The second-order valence-electron chi connectivity index (χ2n) is 6.48. The normalized spacial score (nSPS) is 13.2. The fraction of sp³-hybridized carbons (Fsp3) is 0.750. The first-order valence-electron chi connectivity index (χ1n) is 7.68. The van der Waals surface area contributed by atoms with Crippen LogP contribution < -0.4 is 10.5 Å². The molecule has 0 saturated carbocycles. The minimum atomic E-state index is 0.0949. The Morgan fingerprint density at radius 1 is 1.43 bits per heavy atom. The number of aromatic nitrogens is 2. The Labute approximate surface area is 127 Å². The summed E-state index contributed by atoms with van der Waals surface area (Å²) in [6.07, 6.45) is 3.90. The van der Waals surface area contributed by atoms with Crippen molar-refractivity contribution >= 4 is 5.78 Å². The second-order valence-corrected chi connectivity index (χ2v) is 6.48. The third kappa shape index (κ3) is 4.56. The van der Waals surface area contributed by atoms with Crippen molar-refractivity contribution < 1.29 is 9.53 Å². The molecule has 0 saturated heterocycles. The van der Waals surface area contributed by atoms with Gasteiger partial charge in [0, 0.05) is 13.0 Å². The molecule has 120 valence electrons. The van der Waals surface area contributed by atoms with E-state index in [-0.39, 0.29) is 11.2 Å². The number of nitrogens with two attached hydrogens (primary N) is 1. The maximum Gasteiger partial charge on any atom is 0.184 e. The monoisotopic (exact) mass is 295 g/mol. The maximum absolute atomic E-state index is 12.5. The van der Waals surface area contributed by atoms with E-state index in [9.17, 15) is 4.79 Å². The van der Waals surface area contributed by atoms with Crippen molar-refractivity contribution in [3.63, 3.8) is 0 Å². The van der Waals surface area contributed by atoms with Crippen molar-refractivity contribution in [3.8, 4) is 5.75 Å². The van der Waals surface area contributed by atoms with Gasteiger partial charge in [0.2, 0.25) is 0 Å². The van der Waals surface area contributed by atoms with Gasteiger partial charge in [0.25, 0.3) is 0 Å². The molecule has 1 heterocycles. The van der Waals surface area contributed by atoms with Crippen LogP contribution >= 0.6 is 0 Å². The Morgan fingerprint density at radius 3 is 2.57 bits per heavy atom. The van der Waals surface area contributed by atoms with E-state index in [0.717, 1.165) is 12.8 Å². The number of carbonyl (C=O) groups is 1. The summed E-state index contributed by atoms with van der Waals surface area (Å²) in [5.74, 6) is 1.10. The summed E-state index contributed by atoms with van der Waals surface area (Å²) in [6.45, 7) is 9.90. The van der Waals surface area contributed by atoms with E-state index in [1.54, 1.807) is 18.0 Å². The van der Waals surface area contributed by atoms with Crippen LogP contribution in [0.15, 0.2) is 6.20 Å². The minimum Gasteiger partial charge on any atom is -0.493 e. The highest BCUT2D eigenvalue weighted by Gasteiger charge is 2.26. The standard InChI is InChI=1S/C16H29N3O2/c1-6-19-15(14(21-5)11-18-19)13(20)8-7-12(9-10-17)16(2,3)4/h11-12H,6-10,17H2,1-5H3. The summed E-state index contributed by atoms with van der Waals surface area (Å²) in [4.78, 5) is 12.5. The highest BCUT2D eigenvalue weighted by molar-refractivity contribution is 5.97. The summed E-state index contributed by atoms with van der Waals surface area (Å²) in [5.41, 5.74) is 6.44. The minimum absolute atomic E-state index is 0.0949. The fourth-order valence-corrected chi connectivity index (χ4v) is 2.67. The molecule has 1 aromatic heterocycles. The van der Waals surface area contributed by atoms with Crippen LogP contribution in [-0.2, 0) is 6.54 Å². The summed E-state index contributed by atoms with van der Waals surface area (Å²) in [5, 5.41) is 4.19. The number of aryl methyl sites for hydroxylation is 1.